The maximum Gasteiger partial charge on any atom is 0.315 e. The number of carboxylic acid groups (broad SMARTS) is 1. The molecule has 1 aromatic rings. The molecule has 2 amide bonds. The van der Waals surface area contributed by atoms with Gasteiger partial charge in [0.05, 0.1) is 12.5 Å². The summed E-state index contributed by atoms with van der Waals surface area (Å²) in [6.45, 7) is 2.98. The number of hydrogen-bond donors (Lipinski definition) is 3. The van der Waals surface area contributed by atoms with E-state index in [4.69, 9.17) is 0 Å². The van der Waals surface area contributed by atoms with Crippen LogP contribution in [0.4, 0.5) is 4.79 Å². The molecule has 2 unspecified atom stereocenters. The van der Waals surface area contributed by atoms with Crippen molar-refractivity contribution in [2.45, 2.75) is 39.2 Å². The molecule has 3 N–H and O–H groups in total. The first-order valence-corrected chi connectivity index (χ1v) is 8.17. The van der Waals surface area contributed by atoms with E-state index >= 15 is 0 Å². The lowest BCUT2D eigenvalue weighted by Gasteiger charge is -2.28. The summed E-state index contributed by atoms with van der Waals surface area (Å²) >= 11 is 1.66. The molecule has 0 bridgehead atoms. The molecule has 0 aliphatic heterocycles. The highest BCUT2D eigenvalue weighted by molar-refractivity contribution is 7.11. The highest BCUT2D eigenvalue weighted by Gasteiger charge is 2.30. The Labute approximate surface area is 128 Å². The average Bonchev–Trinajstić information content (AvgIpc) is 2.88. The number of aliphatic carboxylic acids is 1. The summed E-state index contributed by atoms with van der Waals surface area (Å²) < 4.78 is 0. The Hall–Kier alpha value is -1.56. The summed E-state index contributed by atoms with van der Waals surface area (Å²) in [5.41, 5.74) is 0. The molecule has 1 fully saturated rings. The second-order valence-electron chi connectivity index (χ2n) is 5.57. The van der Waals surface area contributed by atoms with Crippen molar-refractivity contribution in [3.05, 3.63) is 21.9 Å². The van der Waals surface area contributed by atoms with Crippen LogP contribution in [0.1, 0.15) is 35.4 Å². The van der Waals surface area contributed by atoms with E-state index in [1.54, 1.807) is 11.3 Å². The number of carbonyl (C=O) groups excluding carboxylic acids is 1. The molecule has 1 heterocycles. The van der Waals surface area contributed by atoms with E-state index < -0.39 is 5.97 Å². The van der Waals surface area contributed by atoms with Gasteiger partial charge in [0.25, 0.3) is 0 Å². The lowest BCUT2D eigenvalue weighted by atomic mass is 9.79. The molecule has 0 aromatic carbocycles. The van der Waals surface area contributed by atoms with Gasteiger partial charge < -0.3 is 15.7 Å². The Morgan fingerprint density at radius 2 is 2.05 bits per heavy atom. The van der Waals surface area contributed by atoms with E-state index in [1.165, 1.54) is 4.88 Å². The van der Waals surface area contributed by atoms with Gasteiger partial charge in [0.15, 0.2) is 0 Å². The zero-order valence-electron chi connectivity index (χ0n) is 12.2. The Bertz CT molecular complexity index is 501. The highest BCUT2D eigenvalue weighted by Crippen LogP contribution is 2.29. The fraction of sp³-hybridized carbons (Fsp3) is 0.600. The van der Waals surface area contributed by atoms with Crippen LogP contribution in [0.15, 0.2) is 12.1 Å². The van der Waals surface area contributed by atoms with Crippen molar-refractivity contribution in [2.24, 2.45) is 11.8 Å². The minimum atomic E-state index is -0.740. The van der Waals surface area contributed by atoms with Crippen LogP contribution in [0.2, 0.25) is 0 Å². The molecule has 0 spiro atoms. The minimum Gasteiger partial charge on any atom is -0.481 e. The van der Waals surface area contributed by atoms with Gasteiger partial charge in [-0.05, 0) is 37.8 Å². The van der Waals surface area contributed by atoms with Crippen LogP contribution in [0.5, 0.6) is 0 Å². The molecule has 6 heteroatoms. The Morgan fingerprint density at radius 3 is 2.71 bits per heavy atom. The molecule has 1 aliphatic carbocycles. The van der Waals surface area contributed by atoms with Gasteiger partial charge in [-0.25, -0.2) is 4.79 Å². The topological polar surface area (TPSA) is 78.4 Å². The first-order chi connectivity index (χ1) is 10.1. The molecular weight excluding hydrogens is 288 g/mol. The molecule has 2 atom stereocenters. The second-order valence-corrected chi connectivity index (χ2v) is 6.94. The molecular formula is C15H22N2O3S. The van der Waals surface area contributed by atoms with Gasteiger partial charge in [-0.1, -0.05) is 12.8 Å². The number of nitrogens with one attached hydrogen (secondary N) is 2. The van der Waals surface area contributed by atoms with Crippen LogP contribution in [0.25, 0.3) is 0 Å². The van der Waals surface area contributed by atoms with E-state index in [2.05, 4.69) is 10.6 Å². The van der Waals surface area contributed by atoms with Gasteiger partial charge in [-0.3, -0.25) is 4.79 Å². The molecule has 5 nitrogen and oxygen atoms in total. The average molecular weight is 310 g/mol. The number of urea groups is 1. The fourth-order valence-electron chi connectivity index (χ4n) is 2.81. The van der Waals surface area contributed by atoms with Crippen LogP contribution in [-0.4, -0.2) is 23.7 Å². The number of carboxylic acids is 1. The summed E-state index contributed by atoms with van der Waals surface area (Å²) in [5.74, 6) is -1.01. The van der Waals surface area contributed by atoms with E-state index in [0.717, 1.165) is 30.6 Å². The van der Waals surface area contributed by atoms with Crippen molar-refractivity contribution < 1.29 is 14.7 Å². The molecule has 1 aromatic heterocycles. The summed E-state index contributed by atoms with van der Waals surface area (Å²) in [4.78, 5) is 25.3. The summed E-state index contributed by atoms with van der Waals surface area (Å²) in [6.07, 6.45) is 3.61. The Kier molecular flexibility index (Phi) is 5.61. The highest BCUT2D eigenvalue weighted by atomic mass is 32.1. The smallest absolute Gasteiger partial charge is 0.315 e. The lowest BCUT2D eigenvalue weighted by Crippen LogP contribution is -2.41. The summed E-state index contributed by atoms with van der Waals surface area (Å²) in [7, 11) is 0. The first-order valence-electron chi connectivity index (χ1n) is 7.36. The number of amides is 2. The SMILES string of the molecule is Cc1ccc(CNC(=O)NCC2CCCCC2C(=O)O)s1. The molecule has 0 saturated heterocycles. The summed E-state index contributed by atoms with van der Waals surface area (Å²) in [5, 5.41) is 14.8. The third-order valence-electron chi connectivity index (χ3n) is 3.97. The van der Waals surface area contributed by atoms with Gasteiger partial charge in [-0.2, -0.15) is 0 Å². The Balaban J connectivity index is 1.73. The third kappa shape index (κ3) is 4.74. The third-order valence-corrected chi connectivity index (χ3v) is 4.97. The maximum absolute atomic E-state index is 11.8. The normalized spacial score (nSPS) is 21.8. The number of carbonyl (C=O) groups is 2. The largest absolute Gasteiger partial charge is 0.481 e. The molecule has 1 saturated carbocycles. The van der Waals surface area contributed by atoms with Crippen LogP contribution >= 0.6 is 11.3 Å². The minimum absolute atomic E-state index is 0.0472. The first kappa shape index (κ1) is 15.8. The number of aryl methyl sites for hydroxylation is 1. The van der Waals surface area contributed by atoms with Crippen LogP contribution < -0.4 is 10.6 Å². The van der Waals surface area contributed by atoms with E-state index in [9.17, 15) is 14.7 Å². The zero-order valence-corrected chi connectivity index (χ0v) is 13.0. The van der Waals surface area contributed by atoms with Gasteiger partial charge in [0.1, 0.15) is 0 Å². The van der Waals surface area contributed by atoms with E-state index in [1.807, 2.05) is 19.1 Å². The zero-order chi connectivity index (χ0) is 15.2. The second kappa shape index (κ2) is 7.45. The van der Waals surface area contributed by atoms with Crippen molar-refractivity contribution in [2.75, 3.05) is 6.54 Å². The monoisotopic (exact) mass is 310 g/mol. The van der Waals surface area contributed by atoms with Crippen molar-refractivity contribution >= 4 is 23.3 Å². The number of hydrogen-bond acceptors (Lipinski definition) is 3. The lowest BCUT2D eigenvalue weighted by molar-refractivity contribution is -0.144. The van der Waals surface area contributed by atoms with Crippen molar-refractivity contribution in [1.82, 2.24) is 10.6 Å². The molecule has 2 rings (SSSR count). The fourth-order valence-corrected chi connectivity index (χ4v) is 3.64. The predicted molar refractivity (Wildman–Crippen MR) is 82.4 cm³/mol. The van der Waals surface area contributed by atoms with Crippen LogP contribution in [0.3, 0.4) is 0 Å². The van der Waals surface area contributed by atoms with E-state index in [-0.39, 0.29) is 17.9 Å². The molecule has 1 aliphatic rings. The standard InChI is InChI=1S/C15H22N2O3S/c1-10-6-7-12(21-10)9-17-15(20)16-8-11-4-2-3-5-13(11)14(18)19/h6-7,11,13H,2-5,8-9H2,1H3,(H,18,19)(H2,16,17,20). The summed E-state index contributed by atoms with van der Waals surface area (Å²) in [6, 6.07) is 3.80. The van der Waals surface area contributed by atoms with Gasteiger partial charge >= 0.3 is 12.0 Å². The number of thiophene rings is 1. The number of rotatable bonds is 5. The van der Waals surface area contributed by atoms with Gasteiger partial charge in [-0.15, -0.1) is 11.3 Å². The van der Waals surface area contributed by atoms with Crippen molar-refractivity contribution in [3.63, 3.8) is 0 Å². The van der Waals surface area contributed by atoms with Gasteiger partial charge in [0.2, 0.25) is 0 Å². The molecule has 0 radical (unpaired) electrons. The predicted octanol–water partition coefficient (Wildman–Crippen LogP) is 2.75. The van der Waals surface area contributed by atoms with Crippen molar-refractivity contribution in [1.29, 1.82) is 0 Å². The quantitative estimate of drug-likeness (QED) is 0.782. The maximum atomic E-state index is 11.8. The molecule has 21 heavy (non-hydrogen) atoms. The van der Waals surface area contributed by atoms with Crippen molar-refractivity contribution in [3.8, 4) is 0 Å². The molecule has 116 valence electrons. The van der Waals surface area contributed by atoms with Crippen LogP contribution in [-0.2, 0) is 11.3 Å². The Morgan fingerprint density at radius 1 is 1.29 bits per heavy atom. The van der Waals surface area contributed by atoms with E-state index in [0.29, 0.717) is 13.1 Å². The van der Waals surface area contributed by atoms with Gasteiger partial charge in [0, 0.05) is 16.3 Å². The van der Waals surface area contributed by atoms with Crippen LogP contribution in [0, 0.1) is 18.8 Å².